The van der Waals surface area contributed by atoms with Crippen molar-refractivity contribution in [3.05, 3.63) is 64.2 Å². The van der Waals surface area contributed by atoms with Crippen LogP contribution in [0, 0.1) is 22.0 Å². The van der Waals surface area contributed by atoms with Gasteiger partial charge in [0, 0.05) is 19.2 Å². The van der Waals surface area contributed by atoms with Gasteiger partial charge in [-0.25, -0.2) is 4.90 Å². The average Bonchev–Trinajstić information content (AvgIpc) is 3.32. The van der Waals surface area contributed by atoms with Crippen molar-refractivity contribution in [1.82, 2.24) is 4.90 Å². The lowest BCUT2D eigenvalue weighted by atomic mass is 9.86. The Labute approximate surface area is 199 Å². The quantitative estimate of drug-likeness (QED) is 0.344. The van der Waals surface area contributed by atoms with Crippen LogP contribution in [0.1, 0.15) is 11.6 Å². The van der Waals surface area contributed by atoms with E-state index >= 15 is 0 Å². The Balaban J connectivity index is 1.85. The number of benzene rings is 2. The lowest BCUT2D eigenvalue weighted by Crippen LogP contribution is -2.51. The minimum absolute atomic E-state index is 0.00457. The third-order valence-corrected chi connectivity index (χ3v) is 6.28. The number of likely N-dealkylation sites (tertiary alicyclic amines) is 1. The van der Waals surface area contributed by atoms with Crippen molar-refractivity contribution in [3.63, 3.8) is 0 Å². The molecule has 12 nitrogen and oxygen atoms in total. The van der Waals surface area contributed by atoms with E-state index in [0.717, 1.165) is 15.9 Å². The third kappa shape index (κ3) is 3.87. The third-order valence-electron chi connectivity index (χ3n) is 6.28. The van der Waals surface area contributed by atoms with Crippen LogP contribution in [0.3, 0.4) is 0 Å². The SMILES string of the molecule is COCC(=O)N1C(C(N)=O)C2C(=O)N(c3cccc([N+](=O)[O-])c3)C(=O)C2C1c1ccc(OC)cc1. The fourth-order valence-corrected chi connectivity index (χ4v) is 4.89. The zero-order valence-corrected chi connectivity index (χ0v) is 18.8. The number of nitro benzene ring substituents is 1. The normalized spacial score (nSPS) is 23.4. The highest BCUT2D eigenvalue weighted by Crippen LogP contribution is 2.51. The van der Waals surface area contributed by atoms with Crippen LogP contribution in [0.15, 0.2) is 48.5 Å². The van der Waals surface area contributed by atoms with Crippen LogP contribution in [-0.4, -0.2) is 60.3 Å². The van der Waals surface area contributed by atoms with Crippen LogP contribution in [0.4, 0.5) is 11.4 Å². The summed E-state index contributed by atoms with van der Waals surface area (Å²) in [7, 11) is 2.78. The summed E-state index contributed by atoms with van der Waals surface area (Å²) in [6, 6.07) is 9.15. The molecule has 182 valence electrons. The van der Waals surface area contributed by atoms with E-state index in [0.29, 0.717) is 11.3 Å². The second kappa shape index (κ2) is 9.14. The molecule has 0 spiro atoms. The van der Waals surface area contributed by atoms with Crippen molar-refractivity contribution in [2.45, 2.75) is 12.1 Å². The second-order valence-corrected chi connectivity index (χ2v) is 8.14. The van der Waals surface area contributed by atoms with Crippen LogP contribution >= 0.6 is 0 Å². The molecule has 2 N–H and O–H groups in total. The number of imide groups is 1. The fraction of sp³-hybridized carbons (Fsp3) is 0.304. The number of carbonyl (C=O) groups excluding carboxylic acids is 4. The highest BCUT2D eigenvalue weighted by molar-refractivity contribution is 6.24. The fourth-order valence-electron chi connectivity index (χ4n) is 4.89. The van der Waals surface area contributed by atoms with Crippen molar-refractivity contribution >= 4 is 35.0 Å². The summed E-state index contributed by atoms with van der Waals surface area (Å²) in [5.41, 5.74) is 5.82. The smallest absolute Gasteiger partial charge is 0.271 e. The van der Waals surface area contributed by atoms with Gasteiger partial charge in [0.1, 0.15) is 18.4 Å². The number of fused-ring (bicyclic) bond motifs is 1. The van der Waals surface area contributed by atoms with Crippen LogP contribution in [0.5, 0.6) is 5.75 Å². The molecule has 0 bridgehead atoms. The maximum atomic E-state index is 13.7. The highest BCUT2D eigenvalue weighted by Gasteiger charge is 2.65. The molecule has 2 saturated heterocycles. The van der Waals surface area contributed by atoms with E-state index in [-0.39, 0.29) is 11.4 Å². The Morgan fingerprint density at radius 3 is 2.29 bits per heavy atom. The van der Waals surface area contributed by atoms with Crippen molar-refractivity contribution in [2.24, 2.45) is 17.6 Å². The van der Waals surface area contributed by atoms with E-state index in [2.05, 4.69) is 0 Å². The Hall–Kier alpha value is -4.32. The summed E-state index contributed by atoms with van der Waals surface area (Å²) in [6.07, 6.45) is 0. The van der Waals surface area contributed by atoms with Gasteiger partial charge in [0.05, 0.1) is 35.6 Å². The topological polar surface area (TPSA) is 162 Å². The number of primary amides is 1. The largest absolute Gasteiger partial charge is 0.497 e. The number of hydrogen-bond acceptors (Lipinski definition) is 8. The molecule has 0 radical (unpaired) electrons. The van der Waals surface area contributed by atoms with E-state index in [4.69, 9.17) is 15.2 Å². The van der Waals surface area contributed by atoms with Gasteiger partial charge in [-0.2, -0.15) is 0 Å². The zero-order valence-electron chi connectivity index (χ0n) is 18.8. The molecule has 4 atom stereocenters. The first-order valence-electron chi connectivity index (χ1n) is 10.6. The van der Waals surface area contributed by atoms with Gasteiger partial charge in [0.15, 0.2) is 0 Å². The van der Waals surface area contributed by atoms with Gasteiger partial charge in [-0.3, -0.25) is 29.3 Å². The number of nitrogens with two attached hydrogens (primary N) is 1. The first-order valence-corrected chi connectivity index (χ1v) is 10.6. The highest BCUT2D eigenvalue weighted by atomic mass is 16.6. The van der Waals surface area contributed by atoms with E-state index in [9.17, 15) is 29.3 Å². The molecule has 4 amide bonds. The first kappa shape index (κ1) is 23.8. The van der Waals surface area contributed by atoms with Crippen molar-refractivity contribution in [2.75, 3.05) is 25.7 Å². The summed E-state index contributed by atoms with van der Waals surface area (Å²) >= 11 is 0. The molecular formula is C23H22N4O8. The number of hydrogen-bond donors (Lipinski definition) is 1. The lowest BCUT2D eigenvalue weighted by molar-refractivity contribution is -0.384. The molecule has 2 fully saturated rings. The number of ether oxygens (including phenoxy) is 2. The number of amides is 4. The molecule has 12 heteroatoms. The number of nitrogens with zero attached hydrogens (tertiary/aromatic N) is 3. The predicted molar refractivity (Wildman–Crippen MR) is 120 cm³/mol. The maximum Gasteiger partial charge on any atom is 0.271 e. The molecule has 0 saturated carbocycles. The Kier molecular flexibility index (Phi) is 6.22. The van der Waals surface area contributed by atoms with Gasteiger partial charge in [0.25, 0.3) is 5.69 Å². The Morgan fingerprint density at radius 2 is 1.71 bits per heavy atom. The standard InChI is InChI=1S/C23H22N4O8/c1-34-11-16(28)26-19(12-6-8-15(35-2)9-7-12)17-18(20(26)21(24)29)23(31)25(22(17)30)13-4-3-5-14(10-13)27(32)33/h3-10,17-20H,11H2,1-2H3,(H2,24,29). The van der Waals surface area contributed by atoms with Crippen molar-refractivity contribution in [3.8, 4) is 5.75 Å². The van der Waals surface area contributed by atoms with Gasteiger partial charge < -0.3 is 20.1 Å². The molecule has 0 aliphatic carbocycles. The summed E-state index contributed by atoms with van der Waals surface area (Å²) in [6.45, 7) is -0.396. The number of methoxy groups -OCH3 is 2. The van der Waals surface area contributed by atoms with Crippen LogP contribution in [-0.2, 0) is 23.9 Å². The molecule has 35 heavy (non-hydrogen) atoms. The van der Waals surface area contributed by atoms with Gasteiger partial charge in [-0.1, -0.05) is 18.2 Å². The molecule has 0 aromatic heterocycles. The first-order chi connectivity index (χ1) is 16.7. The molecule has 2 aliphatic heterocycles. The number of anilines is 1. The number of non-ortho nitro benzene ring substituents is 1. The number of carbonyl (C=O) groups is 4. The molecule has 4 unspecified atom stereocenters. The molecule has 2 aromatic carbocycles. The lowest BCUT2D eigenvalue weighted by Gasteiger charge is -2.32. The molecule has 2 heterocycles. The molecule has 4 rings (SSSR count). The minimum atomic E-state index is -1.42. The van der Waals surface area contributed by atoms with Gasteiger partial charge in [-0.15, -0.1) is 0 Å². The molecular weight excluding hydrogens is 460 g/mol. The van der Waals surface area contributed by atoms with Crippen LogP contribution in [0.25, 0.3) is 0 Å². The average molecular weight is 482 g/mol. The molecule has 2 aromatic rings. The number of nitro groups is 1. The maximum absolute atomic E-state index is 13.7. The predicted octanol–water partition coefficient (Wildman–Crippen LogP) is 0.793. The summed E-state index contributed by atoms with van der Waals surface area (Å²) < 4.78 is 10.1. The second-order valence-electron chi connectivity index (χ2n) is 8.14. The van der Waals surface area contributed by atoms with Crippen molar-refractivity contribution < 1.29 is 33.6 Å². The monoisotopic (exact) mass is 482 g/mol. The Bertz CT molecular complexity index is 1210. The van der Waals surface area contributed by atoms with Crippen LogP contribution < -0.4 is 15.4 Å². The van der Waals surface area contributed by atoms with E-state index in [1.54, 1.807) is 24.3 Å². The summed E-state index contributed by atoms with van der Waals surface area (Å²) in [5.74, 6) is -4.93. The van der Waals surface area contributed by atoms with E-state index in [1.165, 1.54) is 32.4 Å². The Morgan fingerprint density at radius 1 is 1.06 bits per heavy atom. The van der Waals surface area contributed by atoms with Gasteiger partial charge in [-0.05, 0) is 23.8 Å². The van der Waals surface area contributed by atoms with Gasteiger partial charge >= 0.3 is 0 Å². The van der Waals surface area contributed by atoms with E-state index in [1.807, 2.05) is 0 Å². The molecule has 2 aliphatic rings. The van der Waals surface area contributed by atoms with Crippen LogP contribution in [0.2, 0.25) is 0 Å². The zero-order chi connectivity index (χ0) is 25.4. The minimum Gasteiger partial charge on any atom is -0.497 e. The van der Waals surface area contributed by atoms with Gasteiger partial charge in [0.2, 0.25) is 23.6 Å². The van der Waals surface area contributed by atoms with E-state index < -0.39 is 59.1 Å². The summed E-state index contributed by atoms with van der Waals surface area (Å²) in [4.78, 5) is 65.4. The number of rotatable bonds is 7. The van der Waals surface area contributed by atoms with Crippen molar-refractivity contribution in [1.29, 1.82) is 0 Å². The summed E-state index contributed by atoms with van der Waals surface area (Å²) in [5, 5.41) is 11.2.